The zero-order valence-electron chi connectivity index (χ0n) is 11.6. The molecule has 0 saturated heterocycles. The second-order valence-corrected chi connectivity index (χ2v) is 5.24. The molecule has 0 spiro atoms. The molecule has 1 aliphatic rings. The van der Waals surface area contributed by atoms with Crippen molar-refractivity contribution in [2.24, 2.45) is 5.92 Å². The van der Waals surface area contributed by atoms with Crippen molar-refractivity contribution in [3.63, 3.8) is 0 Å². The molecule has 0 amide bonds. The molecule has 0 bridgehead atoms. The van der Waals surface area contributed by atoms with Crippen molar-refractivity contribution in [3.8, 4) is 11.5 Å². The van der Waals surface area contributed by atoms with E-state index >= 15 is 0 Å². The van der Waals surface area contributed by atoms with Crippen LogP contribution in [0.2, 0.25) is 0 Å². The minimum atomic E-state index is -0.686. The second-order valence-electron chi connectivity index (χ2n) is 5.24. The Hall–Kier alpha value is -1.75. The van der Waals surface area contributed by atoms with Crippen LogP contribution in [0.3, 0.4) is 0 Å². The molecule has 3 N–H and O–H groups in total. The van der Waals surface area contributed by atoms with Crippen molar-refractivity contribution in [3.05, 3.63) is 23.8 Å². The average Bonchev–Trinajstić information content (AvgIpc) is 2.46. The summed E-state index contributed by atoms with van der Waals surface area (Å²) in [4.78, 5) is 10.9. The Morgan fingerprint density at radius 2 is 2.05 bits per heavy atom. The molecule has 0 heterocycles. The van der Waals surface area contributed by atoms with Crippen LogP contribution in [0.5, 0.6) is 11.5 Å². The van der Waals surface area contributed by atoms with Gasteiger partial charge in [-0.25, -0.2) is 0 Å². The van der Waals surface area contributed by atoms with E-state index in [4.69, 9.17) is 9.84 Å². The quantitative estimate of drug-likeness (QED) is 0.769. The number of rotatable bonds is 5. The molecule has 0 atom stereocenters. The molecule has 20 heavy (non-hydrogen) atoms. The number of phenolic OH excluding ortho intramolecular Hbond substituents is 1. The Balaban J connectivity index is 1.86. The molecule has 1 aliphatic carbocycles. The molecule has 5 nitrogen and oxygen atoms in total. The summed E-state index contributed by atoms with van der Waals surface area (Å²) in [6.07, 6.45) is 3.16. The fourth-order valence-corrected chi connectivity index (χ4v) is 2.67. The first-order chi connectivity index (χ1) is 9.61. The molecule has 110 valence electrons. The summed E-state index contributed by atoms with van der Waals surface area (Å²) in [6, 6.07) is 5.73. The maximum absolute atomic E-state index is 10.9. The van der Waals surface area contributed by atoms with Crippen LogP contribution in [0.15, 0.2) is 18.2 Å². The number of hydrogen-bond acceptors (Lipinski definition) is 4. The van der Waals surface area contributed by atoms with E-state index < -0.39 is 5.97 Å². The minimum Gasteiger partial charge on any atom is -0.504 e. The molecule has 0 aromatic heterocycles. The number of methoxy groups -OCH3 is 1. The topological polar surface area (TPSA) is 78.8 Å². The average molecular weight is 279 g/mol. The van der Waals surface area contributed by atoms with Crippen molar-refractivity contribution in [2.45, 2.75) is 38.3 Å². The highest BCUT2D eigenvalue weighted by Gasteiger charge is 2.25. The highest BCUT2D eigenvalue weighted by molar-refractivity contribution is 5.70. The Kier molecular flexibility index (Phi) is 4.84. The number of carboxylic acids is 1. The third kappa shape index (κ3) is 3.42. The van der Waals surface area contributed by atoms with E-state index in [1.165, 1.54) is 7.11 Å². The minimum absolute atomic E-state index is 0.168. The van der Waals surface area contributed by atoms with E-state index in [9.17, 15) is 9.90 Å². The Bertz CT molecular complexity index is 467. The molecule has 1 aromatic rings. The fraction of sp³-hybridized carbons (Fsp3) is 0.533. The van der Waals surface area contributed by atoms with E-state index in [-0.39, 0.29) is 11.7 Å². The fourth-order valence-electron chi connectivity index (χ4n) is 2.67. The van der Waals surface area contributed by atoms with Crippen LogP contribution in [-0.2, 0) is 11.3 Å². The van der Waals surface area contributed by atoms with Crippen LogP contribution in [0.1, 0.15) is 31.2 Å². The Morgan fingerprint density at radius 1 is 1.35 bits per heavy atom. The molecule has 0 aliphatic heterocycles. The molecule has 1 saturated carbocycles. The van der Waals surface area contributed by atoms with Gasteiger partial charge in [0.15, 0.2) is 11.5 Å². The second kappa shape index (κ2) is 6.61. The summed E-state index contributed by atoms with van der Waals surface area (Å²) < 4.78 is 5.07. The van der Waals surface area contributed by atoms with E-state index in [2.05, 4.69) is 5.32 Å². The molecule has 0 unspecified atom stereocenters. The van der Waals surface area contributed by atoms with Crippen molar-refractivity contribution >= 4 is 5.97 Å². The first-order valence-electron chi connectivity index (χ1n) is 6.93. The lowest BCUT2D eigenvalue weighted by Gasteiger charge is -2.27. The molecule has 0 radical (unpaired) electrons. The SMILES string of the molecule is COc1cccc(CNC2CCC(C(=O)O)CC2)c1O. The van der Waals surface area contributed by atoms with Crippen LogP contribution in [0.25, 0.3) is 0 Å². The maximum Gasteiger partial charge on any atom is 0.306 e. The van der Waals surface area contributed by atoms with Crippen LogP contribution >= 0.6 is 0 Å². The highest BCUT2D eigenvalue weighted by atomic mass is 16.5. The van der Waals surface area contributed by atoms with Gasteiger partial charge in [0, 0.05) is 18.2 Å². The molecule has 2 rings (SSSR count). The van der Waals surface area contributed by atoms with Crippen LogP contribution in [0.4, 0.5) is 0 Å². The number of aliphatic carboxylic acids is 1. The van der Waals surface area contributed by atoms with E-state index in [1.807, 2.05) is 12.1 Å². The lowest BCUT2D eigenvalue weighted by molar-refractivity contribution is -0.142. The van der Waals surface area contributed by atoms with Gasteiger partial charge in [0.25, 0.3) is 0 Å². The molecule has 5 heteroatoms. The normalized spacial score (nSPS) is 22.4. The maximum atomic E-state index is 10.9. The smallest absolute Gasteiger partial charge is 0.306 e. The standard InChI is InChI=1S/C15H21NO4/c1-20-13-4-2-3-11(14(13)17)9-16-12-7-5-10(6-8-12)15(18)19/h2-4,10,12,16-17H,5-9H2,1H3,(H,18,19). The summed E-state index contributed by atoms with van der Waals surface area (Å²) in [5.74, 6) is -0.243. The molecule has 1 aromatic carbocycles. The van der Waals surface area contributed by atoms with E-state index in [0.717, 1.165) is 31.2 Å². The summed E-state index contributed by atoms with van der Waals surface area (Å²) in [7, 11) is 1.53. The van der Waals surface area contributed by atoms with Gasteiger partial charge < -0.3 is 20.3 Å². The van der Waals surface area contributed by atoms with Crippen LogP contribution < -0.4 is 10.1 Å². The monoisotopic (exact) mass is 279 g/mol. The van der Waals surface area contributed by atoms with Gasteiger partial charge in [0.1, 0.15) is 0 Å². The third-order valence-electron chi connectivity index (χ3n) is 3.96. The van der Waals surface area contributed by atoms with Gasteiger partial charge in [-0.3, -0.25) is 4.79 Å². The van der Waals surface area contributed by atoms with Crippen molar-refractivity contribution in [1.29, 1.82) is 0 Å². The number of carboxylic acid groups (broad SMARTS) is 1. The lowest BCUT2D eigenvalue weighted by atomic mass is 9.86. The number of hydrogen-bond donors (Lipinski definition) is 3. The Labute approximate surface area is 118 Å². The van der Waals surface area contributed by atoms with Gasteiger partial charge in [0.2, 0.25) is 0 Å². The van der Waals surface area contributed by atoms with Gasteiger partial charge >= 0.3 is 5.97 Å². The summed E-state index contributed by atoms with van der Waals surface area (Å²) in [6.45, 7) is 0.561. The van der Waals surface area contributed by atoms with Gasteiger partial charge in [0.05, 0.1) is 13.0 Å². The summed E-state index contributed by atoms with van der Waals surface area (Å²) >= 11 is 0. The van der Waals surface area contributed by atoms with Gasteiger partial charge in [-0.15, -0.1) is 0 Å². The number of aromatic hydroxyl groups is 1. The van der Waals surface area contributed by atoms with Crippen molar-refractivity contribution < 1.29 is 19.7 Å². The van der Waals surface area contributed by atoms with Gasteiger partial charge in [-0.2, -0.15) is 0 Å². The number of carbonyl (C=O) groups is 1. The lowest BCUT2D eigenvalue weighted by Crippen LogP contribution is -2.34. The predicted octanol–water partition coefficient (Wildman–Crippen LogP) is 2.13. The zero-order valence-corrected chi connectivity index (χ0v) is 11.6. The van der Waals surface area contributed by atoms with Gasteiger partial charge in [-0.1, -0.05) is 12.1 Å². The van der Waals surface area contributed by atoms with Crippen molar-refractivity contribution in [2.75, 3.05) is 7.11 Å². The highest BCUT2D eigenvalue weighted by Crippen LogP contribution is 2.30. The van der Waals surface area contributed by atoms with E-state index in [0.29, 0.717) is 18.3 Å². The predicted molar refractivity (Wildman–Crippen MR) is 74.9 cm³/mol. The first kappa shape index (κ1) is 14.7. The molecular weight excluding hydrogens is 258 g/mol. The number of ether oxygens (including phenoxy) is 1. The number of benzene rings is 1. The van der Waals surface area contributed by atoms with Crippen molar-refractivity contribution in [1.82, 2.24) is 5.32 Å². The number of para-hydroxylation sites is 1. The molecule has 1 fully saturated rings. The molecular formula is C15H21NO4. The Morgan fingerprint density at radius 3 is 2.65 bits per heavy atom. The van der Waals surface area contributed by atoms with Gasteiger partial charge in [-0.05, 0) is 31.7 Å². The largest absolute Gasteiger partial charge is 0.504 e. The van der Waals surface area contributed by atoms with Crippen LogP contribution in [-0.4, -0.2) is 29.3 Å². The van der Waals surface area contributed by atoms with Crippen LogP contribution in [0, 0.1) is 5.92 Å². The first-order valence-corrected chi connectivity index (χ1v) is 6.93. The number of phenols is 1. The summed E-state index contributed by atoms with van der Waals surface area (Å²) in [5, 5.41) is 22.3. The third-order valence-corrected chi connectivity index (χ3v) is 3.96. The summed E-state index contributed by atoms with van der Waals surface area (Å²) in [5.41, 5.74) is 0.796. The number of nitrogens with one attached hydrogen (secondary N) is 1. The van der Waals surface area contributed by atoms with E-state index in [1.54, 1.807) is 6.07 Å². The zero-order chi connectivity index (χ0) is 14.5.